The summed E-state index contributed by atoms with van der Waals surface area (Å²) < 4.78 is 1.53. The largest absolute Gasteiger partial charge is 0.320 e. The summed E-state index contributed by atoms with van der Waals surface area (Å²) in [6.45, 7) is 2.43. The standard InChI is InChI=1S/C14H12ClN3O2S/c1-8-3-2-4-10(11(8)15)17-12(19)9-7-16-14-18(13(9)20)5-6-21-14/h2-4,7H,5-6H2,1H3,(H,17,19). The van der Waals surface area contributed by atoms with Crippen LogP contribution >= 0.6 is 23.4 Å². The van der Waals surface area contributed by atoms with Gasteiger partial charge in [0.15, 0.2) is 5.16 Å². The fourth-order valence-electron chi connectivity index (χ4n) is 2.11. The van der Waals surface area contributed by atoms with E-state index in [-0.39, 0.29) is 11.1 Å². The zero-order valence-electron chi connectivity index (χ0n) is 11.2. The van der Waals surface area contributed by atoms with E-state index in [0.717, 1.165) is 11.3 Å². The molecule has 0 saturated heterocycles. The number of thioether (sulfide) groups is 1. The number of fused-ring (bicyclic) bond motifs is 1. The Bertz CT molecular complexity index is 788. The summed E-state index contributed by atoms with van der Waals surface area (Å²) in [5.74, 6) is 0.309. The van der Waals surface area contributed by atoms with Gasteiger partial charge in [-0.3, -0.25) is 14.2 Å². The zero-order chi connectivity index (χ0) is 15.0. The van der Waals surface area contributed by atoms with E-state index in [4.69, 9.17) is 11.6 Å². The predicted molar refractivity (Wildman–Crippen MR) is 83.4 cm³/mol. The molecule has 1 amide bonds. The van der Waals surface area contributed by atoms with Crippen LogP contribution in [0.15, 0.2) is 34.3 Å². The van der Waals surface area contributed by atoms with Crippen molar-refractivity contribution in [2.45, 2.75) is 18.6 Å². The van der Waals surface area contributed by atoms with Crippen LogP contribution in [-0.4, -0.2) is 21.2 Å². The second kappa shape index (κ2) is 5.54. The molecule has 1 aromatic carbocycles. The quantitative estimate of drug-likeness (QED) is 0.863. The molecule has 0 unspecified atom stereocenters. The van der Waals surface area contributed by atoms with E-state index in [1.54, 1.807) is 12.1 Å². The van der Waals surface area contributed by atoms with Crippen LogP contribution in [0.3, 0.4) is 0 Å². The summed E-state index contributed by atoms with van der Waals surface area (Å²) in [6.07, 6.45) is 1.32. The van der Waals surface area contributed by atoms with Crippen LogP contribution in [0.2, 0.25) is 5.02 Å². The highest BCUT2D eigenvalue weighted by molar-refractivity contribution is 7.99. The molecule has 5 nitrogen and oxygen atoms in total. The maximum Gasteiger partial charge on any atom is 0.267 e. The Morgan fingerprint density at radius 3 is 3.10 bits per heavy atom. The summed E-state index contributed by atoms with van der Waals surface area (Å²) in [5, 5.41) is 3.79. The topological polar surface area (TPSA) is 64.0 Å². The maximum atomic E-state index is 12.3. The highest BCUT2D eigenvalue weighted by Gasteiger charge is 2.20. The minimum absolute atomic E-state index is 0.0267. The van der Waals surface area contributed by atoms with Gasteiger partial charge in [-0.05, 0) is 18.6 Å². The van der Waals surface area contributed by atoms with Crippen LogP contribution in [0.25, 0.3) is 0 Å². The summed E-state index contributed by atoms with van der Waals surface area (Å²) >= 11 is 7.65. The van der Waals surface area contributed by atoms with E-state index in [9.17, 15) is 9.59 Å². The molecule has 3 rings (SSSR count). The van der Waals surface area contributed by atoms with Gasteiger partial charge in [0.2, 0.25) is 0 Å². The lowest BCUT2D eigenvalue weighted by Gasteiger charge is -2.09. The van der Waals surface area contributed by atoms with E-state index in [0.29, 0.717) is 22.4 Å². The van der Waals surface area contributed by atoms with E-state index >= 15 is 0 Å². The highest BCUT2D eigenvalue weighted by atomic mass is 35.5. The van der Waals surface area contributed by atoms with Gasteiger partial charge in [0.1, 0.15) is 5.56 Å². The van der Waals surface area contributed by atoms with E-state index < -0.39 is 5.91 Å². The van der Waals surface area contributed by atoms with Crippen molar-refractivity contribution >= 4 is 35.0 Å². The molecule has 0 aliphatic carbocycles. The number of aryl methyl sites for hydroxylation is 1. The lowest BCUT2D eigenvalue weighted by molar-refractivity contribution is 0.102. The van der Waals surface area contributed by atoms with Gasteiger partial charge in [-0.2, -0.15) is 0 Å². The van der Waals surface area contributed by atoms with Gasteiger partial charge in [0.05, 0.1) is 10.7 Å². The number of rotatable bonds is 2. The smallest absolute Gasteiger partial charge is 0.267 e. The summed E-state index contributed by atoms with van der Waals surface area (Å²) in [7, 11) is 0. The van der Waals surface area contributed by atoms with Gasteiger partial charge >= 0.3 is 0 Å². The lowest BCUT2D eigenvalue weighted by atomic mass is 10.2. The lowest BCUT2D eigenvalue weighted by Crippen LogP contribution is -2.29. The Morgan fingerprint density at radius 2 is 2.29 bits per heavy atom. The molecule has 21 heavy (non-hydrogen) atoms. The number of anilines is 1. The second-order valence-electron chi connectivity index (χ2n) is 4.65. The van der Waals surface area contributed by atoms with Crippen molar-refractivity contribution in [2.75, 3.05) is 11.1 Å². The zero-order valence-corrected chi connectivity index (χ0v) is 12.8. The van der Waals surface area contributed by atoms with E-state index in [1.165, 1.54) is 22.5 Å². The van der Waals surface area contributed by atoms with Crippen molar-refractivity contribution in [2.24, 2.45) is 0 Å². The average molecular weight is 322 g/mol. The molecule has 0 fully saturated rings. The molecule has 0 atom stereocenters. The number of benzene rings is 1. The van der Waals surface area contributed by atoms with Crippen LogP contribution in [0, 0.1) is 6.92 Å². The normalized spacial score (nSPS) is 13.0. The molecule has 7 heteroatoms. The number of hydrogen-bond acceptors (Lipinski definition) is 4. The molecule has 2 aromatic rings. The van der Waals surface area contributed by atoms with Gasteiger partial charge < -0.3 is 5.32 Å². The molecule has 108 valence electrons. The predicted octanol–water partition coefficient (Wildman–Crippen LogP) is 2.56. The average Bonchev–Trinajstić information content (AvgIpc) is 2.93. The molecular weight excluding hydrogens is 310 g/mol. The molecule has 0 radical (unpaired) electrons. The molecule has 1 aliphatic rings. The van der Waals surface area contributed by atoms with Gasteiger partial charge in [-0.25, -0.2) is 4.98 Å². The first kappa shape index (κ1) is 14.2. The van der Waals surface area contributed by atoms with E-state index in [1.807, 2.05) is 13.0 Å². The highest BCUT2D eigenvalue weighted by Crippen LogP contribution is 2.25. The minimum atomic E-state index is -0.493. The summed E-state index contributed by atoms with van der Waals surface area (Å²) in [4.78, 5) is 28.7. The van der Waals surface area contributed by atoms with Crippen molar-refractivity contribution < 1.29 is 4.79 Å². The van der Waals surface area contributed by atoms with Crippen LogP contribution < -0.4 is 10.9 Å². The van der Waals surface area contributed by atoms with Gasteiger partial charge in [-0.15, -0.1) is 0 Å². The van der Waals surface area contributed by atoms with Crippen LogP contribution in [0.4, 0.5) is 5.69 Å². The van der Waals surface area contributed by atoms with E-state index in [2.05, 4.69) is 10.3 Å². The van der Waals surface area contributed by atoms with Crippen molar-refractivity contribution in [3.8, 4) is 0 Å². The fraction of sp³-hybridized carbons (Fsp3) is 0.214. The van der Waals surface area contributed by atoms with Crippen molar-refractivity contribution in [3.05, 3.63) is 50.9 Å². The number of carbonyl (C=O) groups is 1. The Balaban J connectivity index is 1.93. The Hall–Kier alpha value is -1.79. The van der Waals surface area contributed by atoms with Gasteiger partial charge in [-0.1, -0.05) is 35.5 Å². The Kier molecular flexibility index (Phi) is 3.73. The minimum Gasteiger partial charge on any atom is -0.320 e. The maximum absolute atomic E-state index is 12.3. The monoisotopic (exact) mass is 321 g/mol. The number of nitrogens with zero attached hydrogens (tertiary/aromatic N) is 2. The molecular formula is C14H12ClN3O2S. The first-order valence-corrected chi connectivity index (χ1v) is 7.73. The molecule has 0 bridgehead atoms. The van der Waals surface area contributed by atoms with Crippen molar-refractivity contribution in [1.82, 2.24) is 9.55 Å². The number of hydrogen-bond donors (Lipinski definition) is 1. The fourth-order valence-corrected chi connectivity index (χ4v) is 3.19. The second-order valence-corrected chi connectivity index (χ2v) is 6.09. The third-order valence-electron chi connectivity index (χ3n) is 3.24. The number of aromatic nitrogens is 2. The van der Waals surface area contributed by atoms with Crippen LogP contribution in [0.5, 0.6) is 0 Å². The number of halogens is 1. The summed E-state index contributed by atoms with van der Waals surface area (Å²) in [5.41, 5.74) is 1.06. The van der Waals surface area contributed by atoms with Gasteiger partial charge in [0, 0.05) is 18.5 Å². The SMILES string of the molecule is Cc1cccc(NC(=O)c2cnc3n(c2=O)CCS3)c1Cl. The number of carbonyl (C=O) groups excluding carboxylic acids is 1. The molecule has 0 saturated carbocycles. The third kappa shape index (κ3) is 2.56. The van der Waals surface area contributed by atoms with Crippen molar-refractivity contribution in [3.63, 3.8) is 0 Å². The summed E-state index contributed by atoms with van der Waals surface area (Å²) in [6, 6.07) is 5.34. The molecule has 0 spiro atoms. The Labute approximate surface area is 130 Å². The first-order valence-electron chi connectivity index (χ1n) is 6.37. The number of nitrogens with one attached hydrogen (secondary N) is 1. The number of amides is 1. The molecule has 1 aromatic heterocycles. The molecule has 1 aliphatic heterocycles. The first-order chi connectivity index (χ1) is 10.1. The molecule has 2 heterocycles. The van der Waals surface area contributed by atoms with Crippen LogP contribution in [-0.2, 0) is 6.54 Å². The van der Waals surface area contributed by atoms with Crippen LogP contribution in [0.1, 0.15) is 15.9 Å². The third-order valence-corrected chi connectivity index (χ3v) is 4.71. The van der Waals surface area contributed by atoms with Gasteiger partial charge in [0.25, 0.3) is 11.5 Å². The Morgan fingerprint density at radius 1 is 1.48 bits per heavy atom. The van der Waals surface area contributed by atoms with Crippen molar-refractivity contribution in [1.29, 1.82) is 0 Å². The molecule has 1 N–H and O–H groups in total.